The summed E-state index contributed by atoms with van der Waals surface area (Å²) in [5.74, 6) is -0.240. The second kappa shape index (κ2) is 5.90. The Bertz CT molecular complexity index is 469. The normalized spacial score (nSPS) is 26.4. The van der Waals surface area contributed by atoms with E-state index >= 15 is 0 Å². The summed E-state index contributed by atoms with van der Waals surface area (Å²) >= 11 is 6.03. The molecule has 0 unspecified atom stereocenters. The molecule has 19 heavy (non-hydrogen) atoms. The number of rotatable bonds is 3. The fourth-order valence-electron chi connectivity index (χ4n) is 2.43. The number of hydrogen-bond donors (Lipinski definition) is 3. The molecule has 4 nitrogen and oxygen atoms in total. The van der Waals surface area contributed by atoms with Crippen molar-refractivity contribution in [2.24, 2.45) is 11.7 Å². The minimum Gasteiger partial charge on any atom is -0.391 e. The lowest BCUT2D eigenvalue weighted by atomic mass is 10.1. The third-order valence-corrected chi connectivity index (χ3v) is 4.19. The molecule has 104 valence electrons. The van der Waals surface area contributed by atoms with Gasteiger partial charge in [0.05, 0.1) is 6.10 Å². The highest BCUT2D eigenvalue weighted by Gasteiger charge is 2.34. The van der Waals surface area contributed by atoms with Crippen molar-refractivity contribution in [1.29, 1.82) is 0 Å². The van der Waals surface area contributed by atoms with E-state index in [0.717, 1.165) is 11.1 Å². The maximum atomic E-state index is 12.0. The van der Waals surface area contributed by atoms with Gasteiger partial charge in [0.15, 0.2) is 0 Å². The van der Waals surface area contributed by atoms with Crippen LogP contribution in [0.2, 0.25) is 5.02 Å². The largest absolute Gasteiger partial charge is 0.391 e. The number of amides is 1. The monoisotopic (exact) mass is 282 g/mol. The van der Waals surface area contributed by atoms with Crippen molar-refractivity contribution in [2.45, 2.75) is 38.5 Å². The first-order valence-electron chi connectivity index (χ1n) is 6.44. The van der Waals surface area contributed by atoms with Crippen molar-refractivity contribution >= 4 is 17.5 Å². The molecule has 0 heterocycles. The average molecular weight is 283 g/mol. The van der Waals surface area contributed by atoms with E-state index < -0.39 is 6.10 Å². The van der Waals surface area contributed by atoms with Gasteiger partial charge in [0.1, 0.15) is 0 Å². The Morgan fingerprint density at radius 2 is 2.26 bits per heavy atom. The molecule has 0 saturated heterocycles. The van der Waals surface area contributed by atoms with Crippen LogP contribution in [0.1, 0.15) is 24.0 Å². The molecular formula is C14H19ClN2O2. The van der Waals surface area contributed by atoms with E-state index in [-0.39, 0.29) is 17.9 Å². The Hall–Kier alpha value is -1.10. The van der Waals surface area contributed by atoms with Crippen LogP contribution in [-0.4, -0.2) is 23.2 Å². The Balaban J connectivity index is 1.92. The molecule has 1 fully saturated rings. The fraction of sp³-hybridized carbons (Fsp3) is 0.500. The van der Waals surface area contributed by atoms with Crippen LogP contribution in [0, 0.1) is 12.8 Å². The lowest BCUT2D eigenvalue weighted by molar-refractivity contribution is -0.125. The summed E-state index contributed by atoms with van der Waals surface area (Å²) in [7, 11) is 0. The van der Waals surface area contributed by atoms with Gasteiger partial charge in [0.2, 0.25) is 5.91 Å². The summed E-state index contributed by atoms with van der Waals surface area (Å²) in [4.78, 5) is 12.0. The number of carbonyl (C=O) groups is 1. The number of benzene rings is 1. The first-order chi connectivity index (χ1) is 8.99. The predicted molar refractivity (Wildman–Crippen MR) is 74.7 cm³/mol. The van der Waals surface area contributed by atoms with Crippen molar-refractivity contribution in [3.05, 3.63) is 34.3 Å². The number of hydrogen-bond acceptors (Lipinski definition) is 3. The third kappa shape index (κ3) is 3.26. The third-order valence-electron chi connectivity index (χ3n) is 3.78. The van der Waals surface area contributed by atoms with Crippen LogP contribution in [0.15, 0.2) is 18.2 Å². The molecule has 1 amide bonds. The second-order valence-electron chi connectivity index (χ2n) is 5.14. The zero-order chi connectivity index (χ0) is 14.0. The minimum absolute atomic E-state index is 0.0497. The highest BCUT2D eigenvalue weighted by Crippen LogP contribution is 2.25. The van der Waals surface area contributed by atoms with Crippen LogP contribution in [0.5, 0.6) is 0 Å². The molecule has 1 aromatic rings. The molecule has 1 aliphatic rings. The molecule has 1 saturated carbocycles. The Morgan fingerprint density at radius 1 is 1.53 bits per heavy atom. The van der Waals surface area contributed by atoms with Crippen LogP contribution in [0.4, 0.5) is 0 Å². The highest BCUT2D eigenvalue weighted by atomic mass is 35.5. The van der Waals surface area contributed by atoms with Gasteiger partial charge in [0.25, 0.3) is 0 Å². The Morgan fingerprint density at radius 3 is 2.89 bits per heavy atom. The standard InChI is InChI=1S/C14H19ClN2O2/c1-8-9(3-2-4-11(8)15)7-17-14(19)10-5-12(16)13(18)6-10/h2-4,10,12-13,18H,5-7,16H2,1H3,(H,17,19)/t10-,12+,13+/m0/s1. The number of aliphatic hydroxyl groups excluding tert-OH is 1. The summed E-state index contributed by atoms with van der Waals surface area (Å²) in [5.41, 5.74) is 7.69. The second-order valence-corrected chi connectivity index (χ2v) is 5.55. The van der Waals surface area contributed by atoms with Crippen molar-refractivity contribution in [3.8, 4) is 0 Å². The lowest BCUT2D eigenvalue weighted by Gasteiger charge is -2.12. The zero-order valence-electron chi connectivity index (χ0n) is 10.9. The fourth-order valence-corrected chi connectivity index (χ4v) is 2.63. The van der Waals surface area contributed by atoms with E-state index in [4.69, 9.17) is 17.3 Å². The van der Waals surface area contributed by atoms with Crippen molar-refractivity contribution < 1.29 is 9.90 Å². The molecular weight excluding hydrogens is 264 g/mol. The van der Waals surface area contributed by atoms with E-state index in [1.54, 1.807) is 0 Å². The number of carbonyl (C=O) groups excluding carboxylic acids is 1. The summed E-state index contributed by atoms with van der Waals surface area (Å²) < 4.78 is 0. The zero-order valence-corrected chi connectivity index (χ0v) is 11.7. The van der Waals surface area contributed by atoms with E-state index in [9.17, 15) is 9.90 Å². The quantitative estimate of drug-likeness (QED) is 0.784. The number of aliphatic hydroxyl groups is 1. The first-order valence-corrected chi connectivity index (χ1v) is 6.82. The van der Waals surface area contributed by atoms with Gasteiger partial charge in [-0.25, -0.2) is 0 Å². The van der Waals surface area contributed by atoms with Gasteiger partial charge in [-0.15, -0.1) is 0 Å². The van der Waals surface area contributed by atoms with Gasteiger partial charge in [-0.1, -0.05) is 23.7 Å². The molecule has 2 rings (SSSR count). The SMILES string of the molecule is Cc1c(Cl)cccc1CNC(=O)[C@H]1C[C@@H](N)[C@H](O)C1. The van der Waals surface area contributed by atoms with Gasteiger partial charge >= 0.3 is 0 Å². The topological polar surface area (TPSA) is 75.4 Å². The number of nitrogens with one attached hydrogen (secondary N) is 1. The Kier molecular flexibility index (Phi) is 4.45. The molecule has 3 atom stereocenters. The summed E-state index contributed by atoms with van der Waals surface area (Å²) in [6.07, 6.45) is 0.423. The molecule has 0 aliphatic heterocycles. The van der Waals surface area contributed by atoms with Crippen LogP contribution in [0.3, 0.4) is 0 Å². The van der Waals surface area contributed by atoms with E-state index in [0.29, 0.717) is 24.4 Å². The summed E-state index contributed by atoms with van der Waals surface area (Å²) in [6.45, 7) is 2.38. The maximum absolute atomic E-state index is 12.0. The van der Waals surface area contributed by atoms with Gasteiger partial charge in [-0.2, -0.15) is 0 Å². The van der Waals surface area contributed by atoms with Crippen LogP contribution < -0.4 is 11.1 Å². The molecule has 0 aromatic heterocycles. The van der Waals surface area contributed by atoms with Gasteiger partial charge in [-0.05, 0) is 37.0 Å². The van der Waals surface area contributed by atoms with E-state index in [2.05, 4.69) is 5.32 Å². The van der Waals surface area contributed by atoms with Crippen molar-refractivity contribution in [3.63, 3.8) is 0 Å². The van der Waals surface area contributed by atoms with Gasteiger partial charge in [-0.3, -0.25) is 4.79 Å². The summed E-state index contributed by atoms with van der Waals surface area (Å²) in [6, 6.07) is 5.35. The molecule has 4 N–H and O–H groups in total. The van der Waals surface area contributed by atoms with Crippen molar-refractivity contribution in [1.82, 2.24) is 5.32 Å². The smallest absolute Gasteiger partial charge is 0.223 e. The molecule has 0 radical (unpaired) electrons. The van der Waals surface area contributed by atoms with Crippen LogP contribution in [0.25, 0.3) is 0 Å². The predicted octanol–water partition coefficient (Wildman–Crippen LogP) is 1.36. The molecule has 5 heteroatoms. The number of nitrogens with two attached hydrogens (primary N) is 1. The van der Waals surface area contributed by atoms with E-state index in [1.165, 1.54) is 0 Å². The van der Waals surface area contributed by atoms with Crippen molar-refractivity contribution in [2.75, 3.05) is 0 Å². The maximum Gasteiger partial charge on any atom is 0.223 e. The Labute approximate surface area is 117 Å². The molecule has 1 aliphatic carbocycles. The van der Waals surface area contributed by atoms with E-state index in [1.807, 2.05) is 25.1 Å². The van der Waals surface area contributed by atoms with Gasteiger partial charge < -0.3 is 16.2 Å². The van der Waals surface area contributed by atoms with Crippen LogP contribution >= 0.6 is 11.6 Å². The number of halogens is 1. The first kappa shape index (κ1) is 14.3. The molecule has 0 bridgehead atoms. The van der Waals surface area contributed by atoms with Crippen LogP contribution in [-0.2, 0) is 11.3 Å². The summed E-state index contributed by atoms with van der Waals surface area (Å²) in [5, 5.41) is 13.1. The molecule has 1 aromatic carbocycles. The average Bonchev–Trinajstić information content (AvgIpc) is 2.71. The highest BCUT2D eigenvalue weighted by molar-refractivity contribution is 6.31. The molecule has 0 spiro atoms. The lowest BCUT2D eigenvalue weighted by Crippen LogP contribution is -2.30. The van der Waals surface area contributed by atoms with Gasteiger partial charge in [0, 0.05) is 23.5 Å². The minimum atomic E-state index is -0.566.